The number of ether oxygens (including phenoxy) is 3. The third kappa shape index (κ3) is 5.02. The number of hydrogen-bond donors (Lipinski definition) is 0. The highest BCUT2D eigenvalue weighted by Crippen LogP contribution is 2.22. The Bertz CT molecular complexity index is 715. The summed E-state index contributed by atoms with van der Waals surface area (Å²) in [5.74, 6) is 2.99. The Balaban J connectivity index is 1.38. The van der Waals surface area contributed by atoms with Gasteiger partial charge in [0.2, 0.25) is 5.88 Å². The molecule has 0 spiro atoms. The van der Waals surface area contributed by atoms with Gasteiger partial charge >= 0.3 is 0 Å². The molecule has 0 N–H and O–H groups in total. The molecule has 4 heteroatoms. The molecule has 3 rings (SSSR count). The molecule has 0 aliphatic heterocycles. The largest absolute Gasteiger partial charge is 0.493 e. The zero-order valence-electron chi connectivity index (χ0n) is 13.3. The van der Waals surface area contributed by atoms with Crippen LogP contribution in [0.2, 0.25) is 0 Å². The first kappa shape index (κ1) is 15.9. The fourth-order valence-corrected chi connectivity index (χ4v) is 2.09. The lowest BCUT2D eigenvalue weighted by molar-refractivity contribution is 0.247. The fourth-order valence-electron chi connectivity index (χ4n) is 2.09. The van der Waals surface area contributed by atoms with E-state index < -0.39 is 0 Å². The monoisotopic (exact) mass is 321 g/mol. The molecular formula is C20H19NO3. The topological polar surface area (TPSA) is 40.6 Å². The van der Waals surface area contributed by atoms with Crippen molar-refractivity contribution in [3.63, 3.8) is 0 Å². The summed E-state index contributed by atoms with van der Waals surface area (Å²) >= 11 is 0. The van der Waals surface area contributed by atoms with E-state index in [9.17, 15) is 0 Å². The van der Waals surface area contributed by atoms with E-state index in [1.54, 1.807) is 6.20 Å². The first-order valence-electron chi connectivity index (χ1n) is 7.90. The highest BCUT2D eigenvalue weighted by atomic mass is 16.5. The Morgan fingerprint density at radius 2 is 1.25 bits per heavy atom. The van der Waals surface area contributed by atoms with Crippen molar-refractivity contribution in [2.75, 3.05) is 13.2 Å². The van der Waals surface area contributed by atoms with Crippen molar-refractivity contribution in [1.29, 1.82) is 0 Å². The van der Waals surface area contributed by atoms with Crippen molar-refractivity contribution >= 4 is 0 Å². The number of para-hydroxylation sites is 1. The van der Waals surface area contributed by atoms with Crippen LogP contribution >= 0.6 is 0 Å². The zero-order valence-corrected chi connectivity index (χ0v) is 13.3. The predicted molar refractivity (Wildman–Crippen MR) is 92.8 cm³/mol. The van der Waals surface area contributed by atoms with Gasteiger partial charge in [0.05, 0.1) is 13.2 Å². The number of rotatable bonds is 8. The quantitative estimate of drug-likeness (QED) is 0.563. The molecule has 0 aliphatic rings. The van der Waals surface area contributed by atoms with Crippen LogP contribution in [0.4, 0.5) is 0 Å². The smallest absolute Gasteiger partial charge is 0.219 e. The summed E-state index contributed by atoms with van der Waals surface area (Å²) in [7, 11) is 0. The second kappa shape index (κ2) is 8.58. The molecule has 0 bridgehead atoms. The van der Waals surface area contributed by atoms with E-state index in [2.05, 4.69) is 4.98 Å². The van der Waals surface area contributed by atoms with Gasteiger partial charge in [0.25, 0.3) is 0 Å². The Kier molecular flexibility index (Phi) is 5.67. The first-order chi connectivity index (χ1) is 11.9. The maximum Gasteiger partial charge on any atom is 0.219 e. The summed E-state index contributed by atoms with van der Waals surface area (Å²) in [5.41, 5.74) is 0. The van der Waals surface area contributed by atoms with Gasteiger partial charge in [-0.15, -0.1) is 0 Å². The minimum absolute atomic E-state index is 0.573. The lowest BCUT2D eigenvalue weighted by Crippen LogP contribution is -2.04. The average molecular weight is 321 g/mol. The van der Waals surface area contributed by atoms with Crippen LogP contribution in [0.15, 0.2) is 79.0 Å². The molecule has 0 aliphatic carbocycles. The van der Waals surface area contributed by atoms with Crippen molar-refractivity contribution < 1.29 is 14.2 Å². The molecule has 0 atom stereocenters. The van der Waals surface area contributed by atoms with Crippen LogP contribution in [0.1, 0.15) is 6.42 Å². The molecule has 0 unspecified atom stereocenters. The summed E-state index contributed by atoms with van der Waals surface area (Å²) in [4.78, 5) is 4.12. The van der Waals surface area contributed by atoms with E-state index in [-0.39, 0.29) is 0 Å². The Morgan fingerprint density at radius 1 is 0.625 bits per heavy atom. The van der Waals surface area contributed by atoms with Crippen molar-refractivity contribution in [1.82, 2.24) is 4.98 Å². The van der Waals surface area contributed by atoms with Gasteiger partial charge in [0, 0.05) is 18.7 Å². The minimum Gasteiger partial charge on any atom is -0.493 e. The van der Waals surface area contributed by atoms with Gasteiger partial charge in [-0.2, -0.15) is 0 Å². The van der Waals surface area contributed by atoms with Crippen molar-refractivity contribution in [3.8, 4) is 23.1 Å². The van der Waals surface area contributed by atoms with Crippen LogP contribution in [0.25, 0.3) is 0 Å². The second-order valence-electron chi connectivity index (χ2n) is 5.10. The normalized spacial score (nSPS) is 10.2. The number of pyridine rings is 1. The lowest BCUT2D eigenvalue weighted by atomic mass is 10.3. The number of nitrogens with zero attached hydrogens (tertiary/aromatic N) is 1. The number of benzene rings is 2. The summed E-state index contributed by atoms with van der Waals surface area (Å²) in [5, 5.41) is 0. The lowest BCUT2D eigenvalue weighted by Gasteiger charge is -2.09. The second-order valence-corrected chi connectivity index (χ2v) is 5.10. The summed E-state index contributed by atoms with van der Waals surface area (Å²) in [6.45, 7) is 1.23. The SMILES string of the molecule is c1ccc(OCCCOc2ccc(Oc3ccccn3)cc2)cc1. The molecule has 0 fully saturated rings. The summed E-state index contributed by atoms with van der Waals surface area (Å²) < 4.78 is 17.0. The van der Waals surface area contributed by atoms with E-state index >= 15 is 0 Å². The highest BCUT2D eigenvalue weighted by Gasteiger charge is 1.99. The molecule has 1 aromatic heterocycles. The zero-order chi connectivity index (χ0) is 16.5. The van der Waals surface area contributed by atoms with E-state index in [1.807, 2.05) is 72.8 Å². The molecule has 1 heterocycles. The van der Waals surface area contributed by atoms with Crippen molar-refractivity contribution in [3.05, 3.63) is 79.0 Å². The molecule has 2 aromatic carbocycles. The van der Waals surface area contributed by atoms with E-state index in [1.165, 1.54) is 0 Å². The summed E-state index contributed by atoms with van der Waals surface area (Å²) in [6.07, 6.45) is 2.52. The van der Waals surface area contributed by atoms with Gasteiger partial charge in [-0.25, -0.2) is 4.98 Å². The highest BCUT2D eigenvalue weighted by molar-refractivity contribution is 5.33. The maximum absolute atomic E-state index is 5.70. The van der Waals surface area contributed by atoms with Crippen LogP contribution in [-0.4, -0.2) is 18.2 Å². The third-order valence-electron chi connectivity index (χ3n) is 3.25. The molecule has 3 aromatic rings. The van der Waals surface area contributed by atoms with E-state index in [0.717, 1.165) is 23.7 Å². The van der Waals surface area contributed by atoms with Crippen molar-refractivity contribution in [2.45, 2.75) is 6.42 Å². The number of hydrogen-bond acceptors (Lipinski definition) is 4. The van der Waals surface area contributed by atoms with Crippen LogP contribution in [0, 0.1) is 0 Å². The van der Waals surface area contributed by atoms with Gasteiger partial charge in [-0.05, 0) is 42.5 Å². The van der Waals surface area contributed by atoms with Gasteiger partial charge < -0.3 is 14.2 Å². The molecule has 0 saturated heterocycles. The standard InChI is InChI=1S/C20H19NO3/c1-2-7-17(8-3-1)22-15-6-16-23-18-10-12-19(13-11-18)24-20-9-4-5-14-21-20/h1-5,7-14H,6,15-16H2. The Hall–Kier alpha value is -3.01. The van der Waals surface area contributed by atoms with Crippen molar-refractivity contribution in [2.24, 2.45) is 0 Å². The molecule has 0 amide bonds. The summed E-state index contributed by atoms with van der Waals surface area (Å²) in [6, 6.07) is 22.8. The van der Waals surface area contributed by atoms with Gasteiger partial charge in [0.15, 0.2) is 0 Å². The Morgan fingerprint density at radius 3 is 1.92 bits per heavy atom. The van der Waals surface area contributed by atoms with Crippen LogP contribution in [0.5, 0.6) is 23.1 Å². The van der Waals surface area contributed by atoms with Gasteiger partial charge in [0.1, 0.15) is 17.2 Å². The van der Waals surface area contributed by atoms with Crippen LogP contribution in [0.3, 0.4) is 0 Å². The maximum atomic E-state index is 5.70. The molecule has 24 heavy (non-hydrogen) atoms. The predicted octanol–water partition coefficient (Wildman–Crippen LogP) is 4.72. The van der Waals surface area contributed by atoms with E-state index in [4.69, 9.17) is 14.2 Å². The number of aromatic nitrogens is 1. The molecule has 0 radical (unpaired) electrons. The van der Waals surface area contributed by atoms with Crippen LogP contribution < -0.4 is 14.2 Å². The van der Waals surface area contributed by atoms with Crippen LogP contribution in [-0.2, 0) is 0 Å². The third-order valence-corrected chi connectivity index (χ3v) is 3.25. The van der Waals surface area contributed by atoms with E-state index in [0.29, 0.717) is 19.1 Å². The van der Waals surface area contributed by atoms with Gasteiger partial charge in [-0.3, -0.25) is 0 Å². The molecule has 122 valence electrons. The fraction of sp³-hybridized carbons (Fsp3) is 0.150. The molecule has 0 saturated carbocycles. The van der Waals surface area contributed by atoms with Gasteiger partial charge in [-0.1, -0.05) is 24.3 Å². The minimum atomic E-state index is 0.573. The first-order valence-corrected chi connectivity index (χ1v) is 7.90. The Labute approximate surface area is 141 Å². The molecule has 4 nitrogen and oxygen atoms in total. The molecular weight excluding hydrogens is 302 g/mol. The average Bonchev–Trinajstić information content (AvgIpc) is 2.65.